The van der Waals surface area contributed by atoms with E-state index in [1.165, 1.54) is 100 Å². The normalized spacial score (nSPS) is 14.7. The molecule has 0 fully saturated rings. The number of hydrogen-bond donors (Lipinski definition) is 0. The molecule has 4 aliphatic rings. The zero-order valence-corrected chi connectivity index (χ0v) is 32.3. The van der Waals surface area contributed by atoms with Crippen LogP contribution >= 0.6 is 0 Å². The van der Waals surface area contributed by atoms with Crippen molar-refractivity contribution in [1.82, 2.24) is 4.98 Å². The highest BCUT2D eigenvalue weighted by Gasteiger charge is 2.53. The molecular weight excluding hydrogens is 701 g/mol. The van der Waals surface area contributed by atoms with Gasteiger partial charge in [0.05, 0.1) is 16.4 Å². The van der Waals surface area contributed by atoms with Crippen LogP contribution in [0.3, 0.4) is 0 Å². The van der Waals surface area contributed by atoms with E-state index in [4.69, 9.17) is 4.98 Å². The van der Waals surface area contributed by atoms with Crippen molar-refractivity contribution in [3.8, 4) is 67.0 Å². The lowest BCUT2D eigenvalue weighted by atomic mass is 9.70. The summed E-state index contributed by atoms with van der Waals surface area (Å²) in [5.74, 6) is 0. The molecule has 58 heavy (non-hydrogen) atoms. The highest BCUT2D eigenvalue weighted by molar-refractivity contribution is 5.97. The van der Waals surface area contributed by atoms with Crippen LogP contribution < -0.4 is 4.57 Å². The third-order valence-electron chi connectivity index (χ3n) is 13.9. The van der Waals surface area contributed by atoms with Gasteiger partial charge < -0.3 is 0 Å². The molecule has 0 unspecified atom stereocenters. The van der Waals surface area contributed by atoms with E-state index >= 15 is 0 Å². The van der Waals surface area contributed by atoms with Gasteiger partial charge in [-0.3, -0.25) is 0 Å². The van der Waals surface area contributed by atoms with Crippen LogP contribution in [0.15, 0.2) is 188 Å². The average Bonchev–Trinajstić information content (AvgIpc) is 3.95. The Bertz CT molecular complexity index is 3170. The van der Waals surface area contributed by atoms with Crippen LogP contribution in [0.25, 0.3) is 67.0 Å². The highest BCUT2D eigenvalue weighted by Crippen LogP contribution is 2.64. The Labute approximate surface area is 338 Å². The summed E-state index contributed by atoms with van der Waals surface area (Å²) >= 11 is 0. The van der Waals surface area contributed by atoms with Gasteiger partial charge in [-0.1, -0.05) is 164 Å². The summed E-state index contributed by atoms with van der Waals surface area (Å²) in [6.45, 7) is 2.25. The van der Waals surface area contributed by atoms with E-state index in [1.807, 2.05) is 0 Å². The Morgan fingerprint density at radius 3 is 1.19 bits per heavy atom. The molecule has 1 heterocycles. The Hall–Kier alpha value is -7.16. The van der Waals surface area contributed by atoms with Crippen LogP contribution in [0.4, 0.5) is 0 Å². The van der Waals surface area contributed by atoms with Crippen molar-refractivity contribution in [3.63, 3.8) is 0 Å². The summed E-state index contributed by atoms with van der Waals surface area (Å²) in [4.78, 5) is 5.28. The molecule has 2 nitrogen and oxygen atoms in total. The molecule has 0 bridgehead atoms. The molecule has 270 valence electrons. The van der Waals surface area contributed by atoms with Gasteiger partial charge in [0.1, 0.15) is 18.9 Å². The number of benzene rings is 8. The lowest BCUT2D eigenvalue weighted by Gasteiger charge is -2.30. The van der Waals surface area contributed by atoms with Crippen LogP contribution in [0.2, 0.25) is 0 Å². The molecule has 0 saturated heterocycles. The minimum absolute atomic E-state index is 0.385. The van der Waals surface area contributed by atoms with Crippen LogP contribution in [0.5, 0.6) is 0 Å². The predicted molar refractivity (Wildman–Crippen MR) is 234 cm³/mol. The van der Waals surface area contributed by atoms with Gasteiger partial charge in [-0.2, -0.15) is 4.57 Å². The largest absolute Gasteiger partial charge is 0.243 e. The van der Waals surface area contributed by atoms with Crippen LogP contribution in [-0.2, 0) is 17.9 Å². The fourth-order valence-electron chi connectivity index (χ4n) is 11.7. The van der Waals surface area contributed by atoms with Crippen molar-refractivity contribution < 1.29 is 4.57 Å². The van der Waals surface area contributed by atoms with E-state index in [1.54, 1.807) is 0 Å². The summed E-state index contributed by atoms with van der Waals surface area (Å²) in [6, 6.07) is 66.0. The fraction of sp³-hybridized carbons (Fsp3) is 0.0714. The smallest absolute Gasteiger partial charge is 0.231 e. The number of aromatic nitrogens is 2. The first kappa shape index (κ1) is 32.0. The molecule has 0 N–H and O–H groups in total. The lowest BCUT2D eigenvalue weighted by Crippen LogP contribution is -2.32. The predicted octanol–water partition coefficient (Wildman–Crippen LogP) is 12.2. The Morgan fingerprint density at radius 2 is 0.759 bits per heavy atom. The molecule has 2 spiro atoms. The van der Waals surface area contributed by atoms with Gasteiger partial charge in [-0.25, -0.2) is 4.98 Å². The zero-order valence-electron chi connectivity index (χ0n) is 32.3. The van der Waals surface area contributed by atoms with E-state index in [9.17, 15) is 0 Å². The van der Waals surface area contributed by atoms with Gasteiger partial charge in [0.2, 0.25) is 5.69 Å². The quantitative estimate of drug-likeness (QED) is 0.161. The molecule has 0 radical (unpaired) electrons. The van der Waals surface area contributed by atoms with Gasteiger partial charge in [0, 0.05) is 5.56 Å². The van der Waals surface area contributed by atoms with Crippen molar-refractivity contribution in [2.45, 2.75) is 17.8 Å². The standard InChI is InChI=1S/C56H37N2/c1-34-29-44-41-20-8-14-26-50(41)56(47-23-11-5-17-38(47)39-18-6-12-24-48(39)56)52(44)31-43(34)54-32-57-53(33-58(54)2)35-27-28-42-40-19-7-13-25-49(40)55(51(42)30-35)45-21-9-3-15-36(45)37-16-4-10-22-46(37)55/h3-33H,1-2H3/q+1. The third-order valence-corrected chi connectivity index (χ3v) is 13.9. The van der Waals surface area contributed by atoms with E-state index in [0.29, 0.717) is 0 Å². The molecule has 1 aromatic heterocycles. The maximum Gasteiger partial charge on any atom is 0.231 e. The monoisotopic (exact) mass is 737 g/mol. The Kier molecular flexibility index (Phi) is 6.20. The van der Waals surface area contributed by atoms with Crippen molar-refractivity contribution >= 4 is 0 Å². The number of nitrogens with zero attached hydrogens (tertiary/aromatic N) is 2. The second-order valence-corrected chi connectivity index (χ2v) is 16.5. The zero-order chi connectivity index (χ0) is 38.3. The van der Waals surface area contributed by atoms with Gasteiger partial charge in [0.15, 0.2) is 6.20 Å². The number of aryl methyl sites for hydroxylation is 2. The number of rotatable bonds is 2. The molecule has 0 atom stereocenters. The second kappa shape index (κ2) is 11.2. The summed E-state index contributed by atoms with van der Waals surface area (Å²) in [5.41, 5.74) is 26.2. The summed E-state index contributed by atoms with van der Waals surface area (Å²) < 4.78 is 2.28. The minimum Gasteiger partial charge on any atom is -0.243 e. The van der Waals surface area contributed by atoms with Crippen molar-refractivity contribution in [2.24, 2.45) is 7.05 Å². The maximum atomic E-state index is 5.28. The van der Waals surface area contributed by atoms with E-state index in [-0.39, 0.29) is 10.8 Å². The topological polar surface area (TPSA) is 16.8 Å². The molecule has 8 aromatic carbocycles. The maximum absolute atomic E-state index is 5.28. The third kappa shape index (κ3) is 3.74. The number of hydrogen-bond acceptors (Lipinski definition) is 1. The van der Waals surface area contributed by atoms with E-state index < -0.39 is 0 Å². The first-order valence-corrected chi connectivity index (χ1v) is 20.3. The van der Waals surface area contributed by atoms with Crippen molar-refractivity contribution in [1.29, 1.82) is 0 Å². The number of fused-ring (bicyclic) bond motifs is 20. The SMILES string of the molecule is Cc1cc2c(cc1-c1cnc(-c3ccc4c(c3)C3(c5ccccc5-c5ccccc53)c3ccccc3-4)c[n+]1C)C1(c3ccccc3-c3ccccc31)c1ccccc1-2. The molecule has 4 aliphatic carbocycles. The van der Waals surface area contributed by atoms with Crippen LogP contribution in [0.1, 0.15) is 50.1 Å². The lowest BCUT2D eigenvalue weighted by molar-refractivity contribution is -0.660. The van der Waals surface area contributed by atoms with Crippen LogP contribution in [0, 0.1) is 6.92 Å². The minimum atomic E-state index is -0.386. The van der Waals surface area contributed by atoms with E-state index in [2.05, 4.69) is 207 Å². The van der Waals surface area contributed by atoms with Crippen molar-refractivity contribution in [3.05, 3.63) is 238 Å². The Morgan fingerprint density at radius 1 is 0.379 bits per heavy atom. The fourth-order valence-corrected chi connectivity index (χ4v) is 11.7. The molecule has 2 heteroatoms. The average molecular weight is 738 g/mol. The second-order valence-electron chi connectivity index (χ2n) is 16.5. The molecule has 9 aromatic rings. The molecular formula is C56H37N2+. The Balaban J connectivity index is 0.980. The summed E-state index contributed by atoms with van der Waals surface area (Å²) in [7, 11) is 2.17. The molecule has 0 amide bonds. The van der Waals surface area contributed by atoms with Gasteiger partial charge in [0.25, 0.3) is 0 Å². The summed E-state index contributed by atoms with van der Waals surface area (Å²) in [6.07, 6.45) is 4.31. The van der Waals surface area contributed by atoms with Gasteiger partial charge in [-0.15, -0.1) is 0 Å². The first-order valence-electron chi connectivity index (χ1n) is 20.3. The van der Waals surface area contributed by atoms with E-state index in [0.717, 1.165) is 17.0 Å². The summed E-state index contributed by atoms with van der Waals surface area (Å²) in [5, 5.41) is 0. The van der Waals surface area contributed by atoms with Gasteiger partial charge in [-0.05, 0) is 114 Å². The van der Waals surface area contributed by atoms with Gasteiger partial charge >= 0.3 is 0 Å². The molecule has 0 saturated carbocycles. The first-order chi connectivity index (χ1) is 28.6. The van der Waals surface area contributed by atoms with Crippen molar-refractivity contribution in [2.75, 3.05) is 0 Å². The van der Waals surface area contributed by atoms with Crippen LogP contribution in [-0.4, -0.2) is 4.98 Å². The molecule has 13 rings (SSSR count). The highest BCUT2D eigenvalue weighted by atomic mass is 15.0. The molecule has 0 aliphatic heterocycles.